The standard InChI is InChI=1S/C27H32N2O3/c1-5-28(6-2)16-9-17-29-24(20-14-12-19(13-15-20)18(3)4)23-25(30)21-10-7-8-11-22(21)32-26(23)27(29)31/h7-8,10-15,18,24H,5-6,9,16-17H2,1-4H3/p+1/t24-/m1/s1. The van der Waals surface area contributed by atoms with Crippen LogP contribution in [0.4, 0.5) is 0 Å². The highest BCUT2D eigenvalue weighted by molar-refractivity contribution is 5.99. The Morgan fingerprint density at radius 2 is 1.69 bits per heavy atom. The number of hydrogen-bond donors (Lipinski definition) is 1. The number of nitrogens with one attached hydrogen (secondary N) is 1. The predicted octanol–water partition coefficient (Wildman–Crippen LogP) is 3.78. The van der Waals surface area contributed by atoms with Crippen molar-refractivity contribution >= 4 is 16.9 Å². The summed E-state index contributed by atoms with van der Waals surface area (Å²) in [7, 11) is 0. The van der Waals surface area contributed by atoms with Crippen molar-refractivity contribution in [2.45, 2.75) is 46.1 Å². The van der Waals surface area contributed by atoms with E-state index in [1.807, 2.05) is 17.0 Å². The SMILES string of the molecule is CC[NH+](CC)CCCN1C(=O)c2oc3ccccc3c(=O)c2[C@H]1c1ccc(C(C)C)cc1. The molecule has 0 bridgehead atoms. The van der Waals surface area contributed by atoms with Gasteiger partial charge in [-0.1, -0.05) is 50.2 Å². The van der Waals surface area contributed by atoms with E-state index in [-0.39, 0.29) is 17.1 Å². The van der Waals surface area contributed by atoms with E-state index in [1.54, 1.807) is 12.1 Å². The third-order valence-corrected chi connectivity index (χ3v) is 6.72. The van der Waals surface area contributed by atoms with E-state index < -0.39 is 6.04 Å². The number of quaternary nitrogens is 1. The van der Waals surface area contributed by atoms with E-state index in [2.05, 4.69) is 52.0 Å². The molecule has 1 atom stereocenters. The minimum atomic E-state index is -0.411. The Morgan fingerprint density at radius 3 is 2.34 bits per heavy atom. The molecular weight excluding hydrogens is 400 g/mol. The van der Waals surface area contributed by atoms with Crippen molar-refractivity contribution in [3.63, 3.8) is 0 Å². The number of carbonyl (C=O) groups excluding carboxylic acids is 1. The zero-order chi connectivity index (χ0) is 22.8. The molecule has 1 aliphatic heterocycles. The third-order valence-electron chi connectivity index (χ3n) is 6.72. The first kappa shape index (κ1) is 22.3. The lowest BCUT2D eigenvalue weighted by atomic mass is 9.95. The molecule has 4 rings (SSSR count). The average Bonchev–Trinajstić information content (AvgIpc) is 3.09. The molecule has 3 aromatic rings. The first-order chi connectivity index (χ1) is 15.5. The highest BCUT2D eigenvalue weighted by atomic mass is 16.3. The number of amides is 1. The first-order valence-corrected chi connectivity index (χ1v) is 11.8. The van der Waals surface area contributed by atoms with Crippen LogP contribution in [0.25, 0.3) is 11.0 Å². The number of carbonyl (C=O) groups is 1. The van der Waals surface area contributed by atoms with Gasteiger partial charge in [-0.25, -0.2) is 0 Å². The van der Waals surface area contributed by atoms with Gasteiger partial charge in [0.25, 0.3) is 5.91 Å². The Kier molecular flexibility index (Phi) is 6.47. The molecule has 0 aliphatic carbocycles. The zero-order valence-corrected chi connectivity index (χ0v) is 19.5. The van der Waals surface area contributed by atoms with Crippen LogP contribution >= 0.6 is 0 Å². The van der Waals surface area contributed by atoms with Gasteiger partial charge in [0.1, 0.15) is 5.58 Å². The minimum Gasteiger partial charge on any atom is -0.450 e. The minimum absolute atomic E-state index is 0.106. The monoisotopic (exact) mass is 433 g/mol. The number of hydrogen-bond acceptors (Lipinski definition) is 3. The van der Waals surface area contributed by atoms with Gasteiger partial charge in [0.2, 0.25) is 5.76 Å². The summed E-state index contributed by atoms with van der Waals surface area (Å²) in [4.78, 5) is 30.3. The van der Waals surface area contributed by atoms with Gasteiger partial charge in [0.15, 0.2) is 5.43 Å². The fourth-order valence-corrected chi connectivity index (χ4v) is 4.71. The molecule has 0 spiro atoms. The molecule has 2 aromatic carbocycles. The highest BCUT2D eigenvalue weighted by Gasteiger charge is 2.42. The van der Waals surface area contributed by atoms with Crippen LogP contribution in [-0.2, 0) is 0 Å². The van der Waals surface area contributed by atoms with Crippen LogP contribution in [-0.4, -0.2) is 37.0 Å². The van der Waals surface area contributed by atoms with E-state index in [0.29, 0.717) is 29.0 Å². The molecule has 0 radical (unpaired) electrons. The van der Waals surface area contributed by atoms with Crippen molar-refractivity contribution in [3.8, 4) is 0 Å². The summed E-state index contributed by atoms with van der Waals surface area (Å²) < 4.78 is 6.01. The summed E-state index contributed by atoms with van der Waals surface area (Å²) in [6.07, 6.45) is 0.880. The fraction of sp³-hybridized carbons (Fsp3) is 0.407. The van der Waals surface area contributed by atoms with Crippen molar-refractivity contribution in [2.24, 2.45) is 0 Å². The Hall–Kier alpha value is -2.92. The Labute approximate surface area is 189 Å². The van der Waals surface area contributed by atoms with Crippen LogP contribution in [0.15, 0.2) is 57.7 Å². The van der Waals surface area contributed by atoms with Gasteiger partial charge in [-0.3, -0.25) is 9.59 Å². The largest absolute Gasteiger partial charge is 0.450 e. The Balaban J connectivity index is 1.77. The van der Waals surface area contributed by atoms with E-state index in [4.69, 9.17) is 4.42 Å². The summed E-state index contributed by atoms with van der Waals surface area (Å²) in [6.45, 7) is 12.4. The molecule has 0 saturated heterocycles. The molecule has 5 heteroatoms. The smallest absolute Gasteiger partial charge is 0.290 e. The summed E-state index contributed by atoms with van der Waals surface area (Å²) in [6, 6.07) is 15.1. The van der Waals surface area contributed by atoms with Crippen molar-refractivity contribution in [1.82, 2.24) is 4.90 Å². The van der Waals surface area contributed by atoms with Crippen LogP contribution < -0.4 is 10.3 Å². The molecule has 1 N–H and O–H groups in total. The Bertz CT molecular complexity index is 1160. The lowest BCUT2D eigenvalue weighted by molar-refractivity contribution is -0.896. The van der Waals surface area contributed by atoms with E-state index in [0.717, 1.165) is 31.6 Å². The molecule has 2 heterocycles. The van der Waals surface area contributed by atoms with Crippen LogP contribution in [0.5, 0.6) is 0 Å². The molecule has 0 fully saturated rings. The molecule has 32 heavy (non-hydrogen) atoms. The number of fused-ring (bicyclic) bond motifs is 2. The molecule has 168 valence electrons. The zero-order valence-electron chi connectivity index (χ0n) is 19.5. The van der Waals surface area contributed by atoms with Gasteiger partial charge in [-0.05, 0) is 43.0 Å². The van der Waals surface area contributed by atoms with Gasteiger partial charge in [-0.15, -0.1) is 0 Å². The van der Waals surface area contributed by atoms with Gasteiger partial charge in [0.05, 0.1) is 36.6 Å². The van der Waals surface area contributed by atoms with Gasteiger partial charge in [0, 0.05) is 13.0 Å². The van der Waals surface area contributed by atoms with Crippen LogP contribution in [0.3, 0.4) is 0 Å². The number of para-hydroxylation sites is 1. The lowest BCUT2D eigenvalue weighted by Crippen LogP contribution is -3.11. The van der Waals surface area contributed by atoms with Crippen LogP contribution in [0, 0.1) is 0 Å². The van der Waals surface area contributed by atoms with Crippen molar-refractivity contribution in [1.29, 1.82) is 0 Å². The van der Waals surface area contributed by atoms with E-state index in [9.17, 15) is 9.59 Å². The second-order valence-corrected chi connectivity index (χ2v) is 8.95. The fourth-order valence-electron chi connectivity index (χ4n) is 4.71. The summed E-state index contributed by atoms with van der Waals surface area (Å²) in [5.74, 6) is 0.431. The quantitative estimate of drug-likeness (QED) is 0.588. The lowest BCUT2D eigenvalue weighted by Gasteiger charge is -2.26. The molecule has 5 nitrogen and oxygen atoms in total. The maximum absolute atomic E-state index is 13.5. The van der Waals surface area contributed by atoms with Crippen molar-refractivity contribution in [3.05, 3.63) is 81.2 Å². The second kappa shape index (κ2) is 9.29. The Morgan fingerprint density at radius 1 is 1.00 bits per heavy atom. The molecule has 1 amide bonds. The molecular formula is C27H33N2O3+. The molecule has 1 aliphatic rings. The van der Waals surface area contributed by atoms with Gasteiger partial charge < -0.3 is 14.2 Å². The number of nitrogens with zero attached hydrogens (tertiary/aromatic N) is 1. The van der Waals surface area contributed by atoms with Crippen LogP contribution in [0.2, 0.25) is 0 Å². The third kappa shape index (κ3) is 3.97. The first-order valence-electron chi connectivity index (χ1n) is 11.8. The topological polar surface area (TPSA) is 55.0 Å². The van der Waals surface area contributed by atoms with Crippen LogP contribution in [0.1, 0.15) is 73.3 Å². The summed E-state index contributed by atoms with van der Waals surface area (Å²) in [5, 5.41) is 0.525. The average molecular weight is 434 g/mol. The number of rotatable bonds is 8. The maximum Gasteiger partial charge on any atom is 0.290 e. The summed E-state index contributed by atoms with van der Waals surface area (Å²) >= 11 is 0. The predicted molar refractivity (Wildman–Crippen MR) is 127 cm³/mol. The van der Waals surface area contributed by atoms with Gasteiger partial charge in [-0.2, -0.15) is 0 Å². The normalized spacial score (nSPS) is 15.9. The summed E-state index contributed by atoms with van der Waals surface area (Å²) in [5.41, 5.74) is 3.03. The molecule has 0 unspecified atom stereocenters. The maximum atomic E-state index is 13.5. The van der Waals surface area contributed by atoms with Crippen molar-refractivity contribution in [2.75, 3.05) is 26.2 Å². The number of benzene rings is 2. The van der Waals surface area contributed by atoms with E-state index >= 15 is 0 Å². The second-order valence-electron chi connectivity index (χ2n) is 8.95. The van der Waals surface area contributed by atoms with Crippen molar-refractivity contribution < 1.29 is 14.1 Å². The molecule has 1 aromatic heterocycles. The highest BCUT2D eigenvalue weighted by Crippen LogP contribution is 2.38. The van der Waals surface area contributed by atoms with Gasteiger partial charge >= 0.3 is 0 Å². The van der Waals surface area contributed by atoms with E-state index in [1.165, 1.54) is 10.5 Å². The molecule has 0 saturated carbocycles.